The van der Waals surface area contributed by atoms with Crippen molar-refractivity contribution >= 4 is 33.1 Å². The summed E-state index contributed by atoms with van der Waals surface area (Å²) in [6.07, 6.45) is 1.54. The van der Waals surface area contributed by atoms with E-state index in [0.717, 1.165) is 27.2 Å². The molecule has 0 atom stereocenters. The van der Waals surface area contributed by atoms with Crippen LogP contribution in [0, 0.1) is 6.92 Å². The Morgan fingerprint density at radius 3 is 2.78 bits per heavy atom. The first kappa shape index (κ1) is 19.8. The molecule has 5 rings (SSSR count). The van der Waals surface area contributed by atoms with Crippen molar-refractivity contribution in [2.45, 2.75) is 6.92 Å². The molecule has 32 heavy (non-hydrogen) atoms. The van der Waals surface area contributed by atoms with E-state index in [2.05, 4.69) is 25.4 Å². The fraction of sp³-hybridized carbons (Fsp3) is 0.0870. The van der Waals surface area contributed by atoms with Crippen LogP contribution in [0.15, 0.2) is 66.3 Å². The van der Waals surface area contributed by atoms with Crippen molar-refractivity contribution in [2.75, 3.05) is 12.4 Å². The largest absolute Gasteiger partial charge is 0.481 e. The number of anilines is 1. The number of methoxy groups -OCH3 is 1. The normalized spacial score (nSPS) is 10.9. The van der Waals surface area contributed by atoms with Crippen molar-refractivity contribution in [3.8, 4) is 23.0 Å². The summed E-state index contributed by atoms with van der Waals surface area (Å²) in [4.78, 5) is 26.0. The van der Waals surface area contributed by atoms with Gasteiger partial charge in [-0.25, -0.2) is 19.6 Å². The minimum Gasteiger partial charge on any atom is -0.481 e. The molecule has 4 aromatic heterocycles. The number of ether oxygens (including phenoxy) is 1. The number of benzene rings is 1. The van der Waals surface area contributed by atoms with Gasteiger partial charge in [0.25, 0.3) is 5.91 Å². The van der Waals surface area contributed by atoms with Gasteiger partial charge in [-0.2, -0.15) is 5.10 Å². The number of carbonyl (C=O) groups is 1. The molecule has 1 N–H and O–H groups in total. The molecule has 158 valence electrons. The Bertz CT molecular complexity index is 1420. The van der Waals surface area contributed by atoms with Crippen LogP contribution in [0.2, 0.25) is 0 Å². The molecule has 0 aliphatic rings. The number of hydrogen-bond acceptors (Lipinski definition) is 7. The number of hydrogen-bond donors (Lipinski definition) is 1. The van der Waals surface area contributed by atoms with Gasteiger partial charge in [0.2, 0.25) is 5.88 Å². The van der Waals surface area contributed by atoms with Crippen molar-refractivity contribution in [3.63, 3.8) is 0 Å². The highest BCUT2D eigenvalue weighted by Gasteiger charge is 2.18. The molecule has 0 fully saturated rings. The molecule has 5 aromatic rings. The van der Waals surface area contributed by atoms with E-state index in [9.17, 15) is 4.79 Å². The molecule has 0 saturated carbocycles. The molecule has 1 amide bonds. The molecule has 0 aliphatic carbocycles. The average Bonchev–Trinajstić information content (AvgIpc) is 3.46. The molecule has 4 heterocycles. The van der Waals surface area contributed by atoms with Gasteiger partial charge in [-0.1, -0.05) is 12.1 Å². The van der Waals surface area contributed by atoms with Crippen LogP contribution in [-0.2, 0) is 0 Å². The number of rotatable bonds is 5. The van der Waals surface area contributed by atoms with Crippen LogP contribution in [-0.4, -0.2) is 37.7 Å². The predicted octanol–water partition coefficient (Wildman–Crippen LogP) is 4.51. The van der Waals surface area contributed by atoms with E-state index in [1.54, 1.807) is 34.2 Å². The van der Waals surface area contributed by atoms with Gasteiger partial charge < -0.3 is 10.1 Å². The second kappa shape index (κ2) is 8.20. The maximum Gasteiger partial charge on any atom is 0.276 e. The highest BCUT2D eigenvalue weighted by atomic mass is 32.1. The highest BCUT2D eigenvalue weighted by molar-refractivity contribution is 7.16. The average molecular weight is 443 g/mol. The number of carbonyl (C=O) groups excluding carboxylic acids is 1. The van der Waals surface area contributed by atoms with Gasteiger partial charge in [-0.15, -0.1) is 11.3 Å². The quantitative estimate of drug-likeness (QED) is 0.430. The number of aromatic nitrogens is 5. The highest BCUT2D eigenvalue weighted by Crippen LogP contribution is 2.28. The first-order valence-electron chi connectivity index (χ1n) is 9.80. The van der Waals surface area contributed by atoms with Crippen molar-refractivity contribution in [1.82, 2.24) is 24.7 Å². The van der Waals surface area contributed by atoms with E-state index >= 15 is 0 Å². The van der Waals surface area contributed by atoms with E-state index in [1.807, 2.05) is 48.8 Å². The van der Waals surface area contributed by atoms with Crippen LogP contribution in [0.4, 0.5) is 5.69 Å². The Morgan fingerprint density at radius 2 is 2.00 bits per heavy atom. The van der Waals surface area contributed by atoms with Crippen LogP contribution in [0.3, 0.4) is 0 Å². The third kappa shape index (κ3) is 3.81. The SMILES string of the molecule is COc1ccc(NC(=O)c2cc(-c3ccc4ncsc4c3)n(-c3cccc(C)n3)n2)cn1. The molecule has 9 heteroatoms. The summed E-state index contributed by atoms with van der Waals surface area (Å²) in [5.41, 5.74) is 6.10. The third-order valence-corrected chi connectivity index (χ3v) is 5.65. The lowest BCUT2D eigenvalue weighted by atomic mass is 10.1. The summed E-state index contributed by atoms with van der Waals surface area (Å²) >= 11 is 1.57. The fourth-order valence-electron chi connectivity index (χ4n) is 3.30. The van der Waals surface area contributed by atoms with Crippen LogP contribution >= 0.6 is 11.3 Å². The second-order valence-corrected chi connectivity index (χ2v) is 7.93. The maximum atomic E-state index is 13.0. The lowest BCUT2D eigenvalue weighted by molar-refractivity contribution is 0.102. The van der Waals surface area contributed by atoms with Gasteiger partial charge in [-0.05, 0) is 43.3 Å². The van der Waals surface area contributed by atoms with Gasteiger partial charge in [-0.3, -0.25) is 4.79 Å². The van der Waals surface area contributed by atoms with Crippen molar-refractivity contribution in [2.24, 2.45) is 0 Å². The van der Waals surface area contributed by atoms with Gasteiger partial charge >= 0.3 is 0 Å². The monoisotopic (exact) mass is 442 g/mol. The van der Waals surface area contributed by atoms with Crippen molar-refractivity contribution < 1.29 is 9.53 Å². The van der Waals surface area contributed by atoms with E-state index in [-0.39, 0.29) is 11.6 Å². The summed E-state index contributed by atoms with van der Waals surface area (Å²) in [6, 6.07) is 16.8. The topological polar surface area (TPSA) is 94.8 Å². The number of nitrogens with zero attached hydrogens (tertiary/aromatic N) is 5. The van der Waals surface area contributed by atoms with Crippen molar-refractivity contribution in [1.29, 1.82) is 0 Å². The zero-order valence-corrected chi connectivity index (χ0v) is 18.1. The Hall–Kier alpha value is -4.11. The van der Waals surface area contributed by atoms with Gasteiger partial charge in [0.1, 0.15) is 0 Å². The number of pyridine rings is 2. The Morgan fingerprint density at radius 1 is 1.09 bits per heavy atom. The molecule has 0 radical (unpaired) electrons. The van der Waals surface area contributed by atoms with Crippen molar-refractivity contribution in [3.05, 3.63) is 77.7 Å². The molecule has 1 aromatic carbocycles. The number of aryl methyl sites for hydroxylation is 1. The number of fused-ring (bicyclic) bond motifs is 1. The van der Waals surface area contributed by atoms with E-state index in [4.69, 9.17) is 4.74 Å². The third-order valence-electron chi connectivity index (χ3n) is 4.86. The molecule has 8 nitrogen and oxygen atoms in total. The molecular weight excluding hydrogens is 424 g/mol. The Kier molecular flexibility index (Phi) is 5.08. The van der Waals surface area contributed by atoms with Crippen LogP contribution in [0.25, 0.3) is 27.3 Å². The van der Waals surface area contributed by atoms with Crippen LogP contribution in [0.1, 0.15) is 16.2 Å². The van der Waals surface area contributed by atoms with E-state index < -0.39 is 0 Å². The lowest BCUT2D eigenvalue weighted by Gasteiger charge is -2.07. The van der Waals surface area contributed by atoms with Crippen LogP contribution < -0.4 is 10.1 Å². The van der Waals surface area contributed by atoms with E-state index in [1.165, 1.54) is 13.3 Å². The van der Waals surface area contributed by atoms with E-state index in [0.29, 0.717) is 17.4 Å². The minimum atomic E-state index is -0.344. The molecule has 0 bridgehead atoms. The summed E-state index contributed by atoms with van der Waals surface area (Å²) in [6.45, 7) is 1.92. The molecule has 0 aliphatic heterocycles. The lowest BCUT2D eigenvalue weighted by Crippen LogP contribution is -2.13. The summed E-state index contributed by atoms with van der Waals surface area (Å²) in [5.74, 6) is 0.761. The Balaban J connectivity index is 1.56. The van der Waals surface area contributed by atoms with Gasteiger partial charge in [0, 0.05) is 17.3 Å². The first-order chi connectivity index (χ1) is 15.6. The zero-order valence-electron chi connectivity index (χ0n) is 17.3. The molecule has 0 saturated heterocycles. The smallest absolute Gasteiger partial charge is 0.276 e. The maximum absolute atomic E-state index is 13.0. The van der Waals surface area contributed by atoms with Gasteiger partial charge in [0.05, 0.1) is 40.4 Å². The summed E-state index contributed by atoms with van der Waals surface area (Å²) in [5, 5.41) is 7.41. The van der Waals surface area contributed by atoms with Gasteiger partial charge in [0.15, 0.2) is 11.5 Å². The molecule has 0 spiro atoms. The number of amides is 1. The number of nitrogens with one attached hydrogen (secondary N) is 1. The summed E-state index contributed by atoms with van der Waals surface area (Å²) < 4.78 is 7.81. The zero-order chi connectivity index (χ0) is 22.1. The first-order valence-corrected chi connectivity index (χ1v) is 10.7. The molecule has 0 unspecified atom stereocenters. The number of thiazole rings is 1. The second-order valence-electron chi connectivity index (χ2n) is 7.04. The minimum absolute atomic E-state index is 0.267. The summed E-state index contributed by atoms with van der Waals surface area (Å²) in [7, 11) is 1.54. The van der Waals surface area contributed by atoms with Crippen LogP contribution in [0.5, 0.6) is 5.88 Å². The standard InChI is InChI=1S/C23H18N6O2S/c1-14-4-3-5-21(26-14)29-19(15-6-8-17-20(10-15)32-13-25-17)11-18(28-29)23(30)27-16-7-9-22(31-2)24-12-16/h3-13H,1-2H3,(H,27,30). The predicted molar refractivity (Wildman–Crippen MR) is 123 cm³/mol. The molecular formula is C23H18N6O2S. The Labute approximate surface area is 187 Å². The fourth-order valence-corrected chi connectivity index (χ4v) is 4.02.